The summed E-state index contributed by atoms with van der Waals surface area (Å²) in [5.41, 5.74) is -0.826. The second kappa shape index (κ2) is 10.0. The Morgan fingerprint density at radius 1 is 1.12 bits per heavy atom. The van der Waals surface area contributed by atoms with Crippen molar-refractivity contribution < 1.29 is 32.5 Å². The highest BCUT2D eigenvalue weighted by Gasteiger charge is 2.36. The van der Waals surface area contributed by atoms with E-state index >= 15 is 0 Å². The van der Waals surface area contributed by atoms with E-state index in [2.05, 4.69) is 9.84 Å². The molecule has 3 aromatic heterocycles. The minimum atomic E-state index is -5.05. The smallest absolute Gasteiger partial charge is 0.488 e. The summed E-state index contributed by atoms with van der Waals surface area (Å²) in [7, 11) is 0. The normalized spacial score (nSPS) is 13.2. The van der Waals surface area contributed by atoms with E-state index in [1.54, 1.807) is 24.4 Å². The van der Waals surface area contributed by atoms with Gasteiger partial charge in [-0.1, -0.05) is 13.0 Å². The average Bonchev–Trinajstić information content (AvgIpc) is 3.22. The van der Waals surface area contributed by atoms with E-state index in [9.17, 15) is 32.7 Å². The van der Waals surface area contributed by atoms with Crippen LogP contribution >= 0.6 is 0 Å². The Balaban J connectivity index is 1.57. The highest BCUT2D eigenvalue weighted by Crippen LogP contribution is 2.42. The van der Waals surface area contributed by atoms with E-state index in [1.807, 2.05) is 25.8 Å². The maximum Gasteiger partial charge on any atom is 0.573 e. The maximum atomic E-state index is 13.4. The molecule has 0 atom stereocenters. The Labute approximate surface area is 230 Å². The van der Waals surface area contributed by atoms with Crippen LogP contribution in [0.4, 0.5) is 13.2 Å². The monoisotopic (exact) mass is 573 g/mol. The third-order valence-corrected chi connectivity index (χ3v) is 7.13. The Hall–Kier alpha value is -4.75. The topological polar surface area (TPSA) is 120 Å². The van der Waals surface area contributed by atoms with E-state index in [1.165, 1.54) is 21.3 Å². The number of rotatable bonds is 8. The molecule has 4 heterocycles. The summed E-state index contributed by atoms with van der Waals surface area (Å²) >= 11 is 0. The molecule has 1 aliphatic heterocycles. The number of ether oxygens (including phenoxy) is 2. The number of alkyl halides is 3. The number of nitrogens with zero attached hydrogens (tertiary/aromatic N) is 5. The molecule has 1 aliphatic rings. The molecular weight excluding hydrogens is 547 g/mol. The van der Waals surface area contributed by atoms with Crippen molar-refractivity contribution in [2.75, 3.05) is 11.6 Å². The lowest BCUT2D eigenvalue weighted by atomic mass is 9.95. The summed E-state index contributed by atoms with van der Waals surface area (Å²) in [6.07, 6.45) is -1.69. The van der Waals surface area contributed by atoms with Crippen molar-refractivity contribution in [3.8, 4) is 22.8 Å². The number of pyridine rings is 2. The van der Waals surface area contributed by atoms with Gasteiger partial charge in [-0.15, -0.1) is 18.3 Å². The number of halogens is 3. The fraction of sp³-hybridized carbons (Fsp3) is 0.333. The number of aromatic nitrogens is 4. The lowest BCUT2D eigenvalue weighted by molar-refractivity contribution is -0.275. The second-order valence-electron chi connectivity index (χ2n) is 10.1. The van der Waals surface area contributed by atoms with Gasteiger partial charge in [-0.25, -0.2) is 14.3 Å². The zero-order valence-electron chi connectivity index (χ0n) is 22.3. The standard InChI is InChI=1S/C27H26F3N5O6/c1-4-26(2,3)35-14-16-11-21(40-10-9-33-25(39)32-8-6-5-7-23(32)31-33)22(41-27(28,29)30)12-17(16)19-13-20(36)18(24(37)38)15-34(19)35/h5-8,11-13,15H,4,9-10,14H2,1-3H3,(H,37,38). The van der Waals surface area contributed by atoms with Crippen LogP contribution in [0.2, 0.25) is 0 Å². The maximum absolute atomic E-state index is 13.4. The number of aromatic carboxylic acids is 1. The van der Waals surface area contributed by atoms with Gasteiger partial charge in [0.25, 0.3) is 0 Å². The van der Waals surface area contributed by atoms with Gasteiger partial charge in [-0.05, 0) is 50.1 Å². The van der Waals surface area contributed by atoms with Gasteiger partial charge < -0.3 is 19.6 Å². The summed E-state index contributed by atoms with van der Waals surface area (Å²) in [5.74, 6) is -2.28. The molecule has 14 heteroatoms. The molecule has 5 rings (SSSR count). The molecule has 1 N–H and O–H groups in total. The molecule has 0 aliphatic carbocycles. The largest absolute Gasteiger partial charge is 0.573 e. The second-order valence-corrected chi connectivity index (χ2v) is 10.1. The molecule has 0 saturated carbocycles. The molecule has 0 unspecified atom stereocenters. The van der Waals surface area contributed by atoms with Gasteiger partial charge in [-0.3, -0.25) is 13.9 Å². The molecule has 0 spiro atoms. The summed E-state index contributed by atoms with van der Waals surface area (Å²) in [5, 5.41) is 15.5. The lowest BCUT2D eigenvalue weighted by Crippen LogP contribution is -2.52. The van der Waals surface area contributed by atoms with Gasteiger partial charge in [0.05, 0.1) is 24.3 Å². The quantitative estimate of drug-likeness (QED) is 0.339. The van der Waals surface area contributed by atoms with Crippen LogP contribution < -0.4 is 25.6 Å². The third kappa shape index (κ3) is 5.24. The number of carboxylic acids is 1. The van der Waals surface area contributed by atoms with Crippen molar-refractivity contribution in [1.82, 2.24) is 18.9 Å². The molecule has 0 amide bonds. The molecule has 0 fully saturated rings. The third-order valence-electron chi connectivity index (χ3n) is 7.13. The first kappa shape index (κ1) is 27.8. The van der Waals surface area contributed by atoms with E-state index in [4.69, 9.17) is 4.74 Å². The van der Waals surface area contributed by atoms with E-state index in [-0.39, 0.29) is 36.7 Å². The fourth-order valence-corrected chi connectivity index (χ4v) is 4.66. The molecule has 1 aromatic carbocycles. The van der Waals surface area contributed by atoms with Crippen molar-refractivity contribution in [1.29, 1.82) is 0 Å². The Morgan fingerprint density at radius 3 is 2.54 bits per heavy atom. The average molecular weight is 574 g/mol. The minimum absolute atomic E-state index is 0.0474. The van der Waals surface area contributed by atoms with Gasteiger partial charge in [0, 0.05) is 24.0 Å². The van der Waals surface area contributed by atoms with Crippen LogP contribution in [0.3, 0.4) is 0 Å². The highest BCUT2D eigenvalue weighted by atomic mass is 19.4. The van der Waals surface area contributed by atoms with E-state index < -0.39 is 40.3 Å². The van der Waals surface area contributed by atoms with Crippen molar-refractivity contribution in [2.24, 2.45) is 0 Å². The van der Waals surface area contributed by atoms with Gasteiger partial charge >= 0.3 is 18.0 Å². The van der Waals surface area contributed by atoms with Crippen molar-refractivity contribution >= 4 is 11.6 Å². The summed E-state index contributed by atoms with van der Waals surface area (Å²) < 4.78 is 54.2. The van der Waals surface area contributed by atoms with E-state index in [0.717, 1.165) is 16.8 Å². The minimum Gasteiger partial charge on any atom is -0.488 e. The molecule has 0 radical (unpaired) electrons. The van der Waals surface area contributed by atoms with Crippen LogP contribution in [0.15, 0.2) is 58.4 Å². The number of hydrogen-bond acceptors (Lipinski definition) is 7. The fourth-order valence-electron chi connectivity index (χ4n) is 4.66. The van der Waals surface area contributed by atoms with Gasteiger partial charge in [0.2, 0.25) is 0 Å². The lowest BCUT2D eigenvalue weighted by Gasteiger charge is -2.45. The van der Waals surface area contributed by atoms with Crippen LogP contribution in [0.1, 0.15) is 43.1 Å². The molecular formula is C27H26F3N5O6. The first-order valence-corrected chi connectivity index (χ1v) is 12.7. The SMILES string of the molecule is CCC(C)(C)N1Cc2cc(OCCn3nc4ccccn4c3=O)c(OC(F)(F)F)cc2-c2cc(=O)c(C(=O)O)cn21. The van der Waals surface area contributed by atoms with E-state index in [0.29, 0.717) is 17.6 Å². The predicted molar refractivity (Wildman–Crippen MR) is 141 cm³/mol. The van der Waals surface area contributed by atoms with Crippen LogP contribution in [-0.4, -0.2) is 48.4 Å². The van der Waals surface area contributed by atoms with Gasteiger partial charge in [-0.2, -0.15) is 0 Å². The molecule has 0 saturated heterocycles. The number of benzene rings is 1. The molecule has 216 valence electrons. The van der Waals surface area contributed by atoms with Crippen molar-refractivity contribution in [3.05, 3.63) is 80.6 Å². The van der Waals surface area contributed by atoms with Crippen LogP contribution in [0.5, 0.6) is 11.5 Å². The van der Waals surface area contributed by atoms with Crippen molar-refractivity contribution in [3.63, 3.8) is 0 Å². The Morgan fingerprint density at radius 2 is 1.88 bits per heavy atom. The summed E-state index contributed by atoms with van der Waals surface area (Å²) in [6, 6.07) is 8.65. The number of carboxylic acid groups (broad SMARTS) is 1. The van der Waals surface area contributed by atoms with Crippen LogP contribution in [0.25, 0.3) is 16.9 Å². The highest BCUT2D eigenvalue weighted by molar-refractivity contribution is 5.88. The van der Waals surface area contributed by atoms with Crippen molar-refractivity contribution in [2.45, 2.75) is 52.2 Å². The number of carbonyl (C=O) groups is 1. The zero-order valence-corrected chi connectivity index (χ0v) is 22.3. The number of hydrogen-bond donors (Lipinski definition) is 1. The molecule has 4 aromatic rings. The predicted octanol–water partition coefficient (Wildman–Crippen LogP) is 3.64. The summed E-state index contributed by atoms with van der Waals surface area (Å²) in [6.45, 7) is 5.70. The Kier molecular flexibility index (Phi) is 6.79. The van der Waals surface area contributed by atoms with Gasteiger partial charge in [0.1, 0.15) is 12.2 Å². The van der Waals surface area contributed by atoms with Crippen LogP contribution in [-0.2, 0) is 13.1 Å². The number of fused-ring (bicyclic) bond motifs is 4. The van der Waals surface area contributed by atoms with Gasteiger partial charge in [0.15, 0.2) is 22.6 Å². The summed E-state index contributed by atoms with van der Waals surface area (Å²) in [4.78, 5) is 36.9. The Bertz CT molecular complexity index is 1770. The first-order valence-electron chi connectivity index (χ1n) is 12.7. The van der Waals surface area contributed by atoms with Crippen LogP contribution in [0, 0.1) is 0 Å². The molecule has 11 nitrogen and oxygen atoms in total. The zero-order chi connectivity index (χ0) is 29.7. The molecule has 41 heavy (non-hydrogen) atoms. The first-order chi connectivity index (χ1) is 19.3. The molecule has 0 bridgehead atoms.